The van der Waals surface area contributed by atoms with Gasteiger partial charge in [-0.15, -0.1) is 0 Å². The van der Waals surface area contributed by atoms with Crippen molar-refractivity contribution in [2.75, 3.05) is 18.6 Å². The van der Waals surface area contributed by atoms with Crippen LogP contribution in [0.1, 0.15) is 12.2 Å². The third kappa shape index (κ3) is 3.83. The molecular weight excluding hydrogens is 170 g/mol. The summed E-state index contributed by atoms with van der Waals surface area (Å²) in [6, 6.07) is 3.90. The van der Waals surface area contributed by atoms with E-state index in [9.17, 15) is 0 Å². The normalized spacial score (nSPS) is 10.4. The second kappa shape index (κ2) is 6.14. The molecule has 0 bridgehead atoms. The molecule has 1 aromatic rings. The van der Waals surface area contributed by atoms with Gasteiger partial charge in [0.25, 0.3) is 0 Å². The zero-order valence-corrected chi connectivity index (χ0v) is 8.19. The summed E-state index contributed by atoms with van der Waals surface area (Å²) >= 11 is 1.89. The molecule has 0 aliphatic rings. The van der Waals surface area contributed by atoms with Crippen LogP contribution in [-0.4, -0.2) is 18.6 Å². The number of nitrogens with one attached hydrogen (secondary N) is 1. The highest BCUT2D eigenvalue weighted by atomic mass is 32.2. The van der Waals surface area contributed by atoms with Gasteiger partial charge in [-0.2, -0.15) is 11.8 Å². The highest BCUT2D eigenvalue weighted by Crippen LogP contribution is 1.99. The molecule has 0 spiro atoms. The van der Waals surface area contributed by atoms with Gasteiger partial charge in [-0.25, -0.2) is 0 Å². The van der Waals surface area contributed by atoms with Crippen molar-refractivity contribution < 1.29 is 4.42 Å². The molecule has 0 radical (unpaired) electrons. The Bertz CT molecular complexity index is 186. The zero-order chi connectivity index (χ0) is 8.65. The summed E-state index contributed by atoms with van der Waals surface area (Å²) in [5.41, 5.74) is 0. The molecule has 0 aliphatic carbocycles. The first-order valence-corrected chi connectivity index (χ1v) is 5.55. The third-order valence-corrected chi connectivity index (χ3v) is 2.28. The van der Waals surface area contributed by atoms with E-state index in [2.05, 4.69) is 11.6 Å². The first-order valence-electron chi connectivity index (χ1n) is 4.15. The lowest BCUT2D eigenvalue weighted by Crippen LogP contribution is -2.14. The van der Waals surface area contributed by atoms with E-state index in [-0.39, 0.29) is 0 Å². The Hall–Kier alpha value is -0.410. The molecule has 0 fully saturated rings. The van der Waals surface area contributed by atoms with Gasteiger partial charge in [0.1, 0.15) is 5.76 Å². The Morgan fingerprint density at radius 1 is 1.58 bits per heavy atom. The predicted octanol–water partition coefficient (Wildman–Crippen LogP) is 2.12. The maximum atomic E-state index is 5.17. The van der Waals surface area contributed by atoms with Crippen LogP contribution in [0.2, 0.25) is 0 Å². The molecule has 0 saturated heterocycles. The van der Waals surface area contributed by atoms with Gasteiger partial charge >= 0.3 is 0 Å². The van der Waals surface area contributed by atoms with Gasteiger partial charge in [-0.3, -0.25) is 0 Å². The second-order valence-corrected chi connectivity index (χ2v) is 3.59. The van der Waals surface area contributed by atoms with Crippen molar-refractivity contribution in [3.8, 4) is 0 Å². The summed E-state index contributed by atoms with van der Waals surface area (Å²) in [5, 5.41) is 3.32. The molecule has 0 saturated carbocycles. The number of thioether (sulfide) groups is 1. The molecule has 12 heavy (non-hydrogen) atoms. The Morgan fingerprint density at radius 3 is 3.17 bits per heavy atom. The minimum absolute atomic E-state index is 0.849. The van der Waals surface area contributed by atoms with Crippen LogP contribution < -0.4 is 5.32 Å². The highest BCUT2D eigenvalue weighted by molar-refractivity contribution is 7.98. The van der Waals surface area contributed by atoms with Crippen LogP contribution in [0.5, 0.6) is 0 Å². The van der Waals surface area contributed by atoms with Gasteiger partial charge in [-0.05, 0) is 37.1 Å². The van der Waals surface area contributed by atoms with Crippen LogP contribution in [0, 0.1) is 0 Å². The fourth-order valence-corrected chi connectivity index (χ4v) is 1.40. The van der Waals surface area contributed by atoms with Gasteiger partial charge in [0, 0.05) is 0 Å². The molecule has 1 rings (SSSR count). The molecule has 68 valence electrons. The topological polar surface area (TPSA) is 25.2 Å². The highest BCUT2D eigenvalue weighted by Gasteiger charge is 1.92. The van der Waals surface area contributed by atoms with E-state index in [1.807, 2.05) is 23.9 Å². The summed E-state index contributed by atoms with van der Waals surface area (Å²) in [6.45, 7) is 1.92. The Labute approximate surface area is 77.7 Å². The van der Waals surface area contributed by atoms with Crippen molar-refractivity contribution in [3.63, 3.8) is 0 Å². The number of rotatable bonds is 6. The van der Waals surface area contributed by atoms with Gasteiger partial charge < -0.3 is 9.73 Å². The molecule has 0 amide bonds. The average molecular weight is 185 g/mol. The van der Waals surface area contributed by atoms with E-state index in [0.717, 1.165) is 18.8 Å². The Kier molecular flexibility index (Phi) is 4.95. The smallest absolute Gasteiger partial charge is 0.117 e. The number of hydrogen-bond acceptors (Lipinski definition) is 3. The average Bonchev–Trinajstić information content (AvgIpc) is 2.57. The van der Waals surface area contributed by atoms with Gasteiger partial charge in [-0.1, -0.05) is 0 Å². The lowest BCUT2D eigenvalue weighted by Gasteiger charge is -2.00. The van der Waals surface area contributed by atoms with Crippen LogP contribution in [0.4, 0.5) is 0 Å². The van der Waals surface area contributed by atoms with Gasteiger partial charge in [0.05, 0.1) is 12.8 Å². The summed E-state index contributed by atoms with van der Waals surface area (Å²) in [5.74, 6) is 2.24. The molecule has 0 aromatic carbocycles. The van der Waals surface area contributed by atoms with Crippen molar-refractivity contribution in [2.24, 2.45) is 0 Å². The maximum Gasteiger partial charge on any atom is 0.117 e. The minimum Gasteiger partial charge on any atom is -0.468 e. The minimum atomic E-state index is 0.849. The van der Waals surface area contributed by atoms with Crippen molar-refractivity contribution in [1.82, 2.24) is 5.32 Å². The van der Waals surface area contributed by atoms with E-state index < -0.39 is 0 Å². The van der Waals surface area contributed by atoms with E-state index in [1.54, 1.807) is 6.26 Å². The second-order valence-electron chi connectivity index (χ2n) is 2.60. The van der Waals surface area contributed by atoms with E-state index >= 15 is 0 Å². The molecule has 0 aliphatic heterocycles. The maximum absolute atomic E-state index is 5.17. The first-order chi connectivity index (χ1) is 5.93. The quantitative estimate of drug-likeness (QED) is 0.687. The van der Waals surface area contributed by atoms with Crippen LogP contribution >= 0.6 is 11.8 Å². The van der Waals surface area contributed by atoms with Crippen LogP contribution in [0.25, 0.3) is 0 Å². The molecule has 1 N–H and O–H groups in total. The summed E-state index contributed by atoms with van der Waals surface area (Å²) in [6.07, 6.45) is 5.06. The lowest BCUT2D eigenvalue weighted by molar-refractivity contribution is 0.483. The zero-order valence-electron chi connectivity index (χ0n) is 7.38. The molecular formula is C9H15NOS. The van der Waals surface area contributed by atoms with E-state index in [1.165, 1.54) is 12.2 Å². The van der Waals surface area contributed by atoms with E-state index in [0.29, 0.717) is 0 Å². The fraction of sp³-hybridized carbons (Fsp3) is 0.556. The van der Waals surface area contributed by atoms with Crippen molar-refractivity contribution in [2.45, 2.75) is 13.0 Å². The lowest BCUT2D eigenvalue weighted by atomic mass is 10.4. The van der Waals surface area contributed by atoms with Crippen molar-refractivity contribution in [3.05, 3.63) is 24.2 Å². The summed E-state index contributed by atoms with van der Waals surface area (Å²) < 4.78 is 5.17. The summed E-state index contributed by atoms with van der Waals surface area (Å²) in [7, 11) is 0. The SMILES string of the molecule is CSCCCNCc1ccco1. The Balaban J connectivity index is 1.96. The summed E-state index contributed by atoms with van der Waals surface area (Å²) in [4.78, 5) is 0. The standard InChI is InChI=1S/C9H15NOS/c1-12-7-3-5-10-8-9-4-2-6-11-9/h2,4,6,10H,3,5,7-8H2,1H3. The predicted molar refractivity (Wildman–Crippen MR) is 53.4 cm³/mol. The number of hydrogen-bond donors (Lipinski definition) is 1. The fourth-order valence-electron chi connectivity index (χ4n) is 0.966. The largest absolute Gasteiger partial charge is 0.468 e. The molecule has 2 nitrogen and oxygen atoms in total. The van der Waals surface area contributed by atoms with Crippen LogP contribution in [-0.2, 0) is 6.54 Å². The molecule has 0 atom stereocenters. The number of furan rings is 1. The molecule has 3 heteroatoms. The Morgan fingerprint density at radius 2 is 2.50 bits per heavy atom. The van der Waals surface area contributed by atoms with Crippen LogP contribution in [0.3, 0.4) is 0 Å². The van der Waals surface area contributed by atoms with E-state index in [4.69, 9.17) is 4.42 Å². The van der Waals surface area contributed by atoms with Gasteiger partial charge in [0.2, 0.25) is 0 Å². The van der Waals surface area contributed by atoms with Crippen molar-refractivity contribution >= 4 is 11.8 Å². The monoisotopic (exact) mass is 185 g/mol. The molecule has 1 heterocycles. The first kappa shape index (κ1) is 9.68. The van der Waals surface area contributed by atoms with Gasteiger partial charge in [0.15, 0.2) is 0 Å². The van der Waals surface area contributed by atoms with Crippen LogP contribution in [0.15, 0.2) is 22.8 Å². The third-order valence-electron chi connectivity index (χ3n) is 1.58. The molecule has 0 unspecified atom stereocenters. The molecule has 1 aromatic heterocycles. The van der Waals surface area contributed by atoms with Crippen molar-refractivity contribution in [1.29, 1.82) is 0 Å².